The van der Waals surface area contributed by atoms with Crippen molar-refractivity contribution in [3.63, 3.8) is 0 Å². The fourth-order valence-electron chi connectivity index (χ4n) is 1.89. The molecule has 0 aliphatic carbocycles. The summed E-state index contributed by atoms with van der Waals surface area (Å²) in [4.78, 5) is 0. The van der Waals surface area contributed by atoms with Gasteiger partial charge >= 0.3 is 6.18 Å². The van der Waals surface area contributed by atoms with Gasteiger partial charge in [0, 0.05) is 0 Å². The first-order valence-corrected chi connectivity index (χ1v) is 6.82. The molecule has 0 fully saturated rings. The lowest BCUT2D eigenvalue weighted by Crippen LogP contribution is -2.32. The van der Waals surface area contributed by atoms with Crippen molar-refractivity contribution in [3.05, 3.63) is 35.4 Å². The highest BCUT2D eigenvalue weighted by Gasteiger charge is 2.37. The molecule has 1 aromatic carbocycles. The number of aryl methyl sites for hydroxylation is 1. The van der Waals surface area contributed by atoms with Gasteiger partial charge in [0.25, 0.3) is 0 Å². The average Bonchev–Trinajstić information content (AvgIpc) is 2.40. The van der Waals surface area contributed by atoms with Gasteiger partial charge in [0.05, 0.1) is 12.6 Å². The Kier molecular flexibility index (Phi) is 6.49. The molecule has 114 valence electrons. The van der Waals surface area contributed by atoms with Crippen molar-refractivity contribution < 1.29 is 17.9 Å². The minimum absolute atomic E-state index is 0.00962. The monoisotopic (exact) mass is 289 g/mol. The quantitative estimate of drug-likeness (QED) is 0.823. The molecule has 0 saturated heterocycles. The summed E-state index contributed by atoms with van der Waals surface area (Å²) in [5.74, 6) is 0. The standard InChI is InChI=1S/C15H22F3NO/c1-4-5-12-6-8-13(9-7-12)14(19-3)10-20-11(2)15(16,17)18/h6-9,11,14,19H,4-5,10H2,1-3H3. The first-order valence-electron chi connectivity index (χ1n) is 6.82. The molecule has 2 atom stereocenters. The Hall–Kier alpha value is -1.07. The van der Waals surface area contributed by atoms with Crippen LogP contribution in [0, 0.1) is 0 Å². The van der Waals surface area contributed by atoms with E-state index >= 15 is 0 Å². The van der Waals surface area contributed by atoms with Crippen molar-refractivity contribution in [3.8, 4) is 0 Å². The predicted molar refractivity (Wildman–Crippen MR) is 73.7 cm³/mol. The van der Waals surface area contributed by atoms with Crippen LogP contribution < -0.4 is 5.32 Å². The van der Waals surface area contributed by atoms with Gasteiger partial charge in [-0.25, -0.2) is 0 Å². The van der Waals surface area contributed by atoms with Crippen LogP contribution in [0.1, 0.15) is 37.4 Å². The molecule has 1 N–H and O–H groups in total. The second-order valence-corrected chi connectivity index (χ2v) is 4.85. The van der Waals surface area contributed by atoms with Crippen molar-refractivity contribution in [2.24, 2.45) is 0 Å². The van der Waals surface area contributed by atoms with Crippen molar-refractivity contribution in [1.82, 2.24) is 5.32 Å². The number of alkyl halides is 3. The van der Waals surface area contributed by atoms with Crippen LogP contribution in [0.25, 0.3) is 0 Å². The van der Waals surface area contributed by atoms with Gasteiger partial charge in [-0.15, -0.1) is 0 Å². The molecule has 0 spiro atoms. The molecule has 2 unspecified atom stereocenters. The molecule has 0 radical (unpaired) electrons. The maximum Gasteiger partial charge on any atom is 0.414 e. The molecule has 0 bridgehead atoms. The van der Waals surface area contributed by atoms with E-state index in [9.17, 15) is 13.2 Å². The summed E-state index contributed by atoms with van der Waals surface area (Å²) in [6.07, 6.45) is -3.99. The first-order chi connectivity index (χ1) is 9.38. The van der Waals surface area contributed by atoms with Crippen LogP contribution in [0.4, 0.5) is 13.2 Å². The van der Waals surface area contributed by atoms with Gasteiger partial charge in [-0.05, 0) is 31.5 Å². The number of benzene rings is 1. The zero-order valence-corrected chi connectivity index (χ0v) is 12.1. The zero-order valence-electron chi connectivity index (χ0n) is 12.1. The summed E-state index contributed by atoms with van der Waals surface area (Å²) in [5.41, 5.74) is 2.16. The predicted octanol–water partition coefficient (Wildman–Crippen LogP) is 3.87. The normalized spacial score (nSPS) is 15.1. The van der Waals surface area contributed by atoms with Gasteiger partial charge in [-0.1, -0.05) is 37.6 Å². The van der Waals surface area contributed by atoms with E-state index in [1.807, 2.05) is 24.3 Å². The number of nitrogens with one attached hydrogen (secondary N) is 1. The van der Waals surface area contributed by atoms with Gasteiger partial charge in [0.2, 0.25) is 0 Å². The smallest absolute Gasteiger partial charge is 0.367 e. The molecule has 5 heteroatoms. The molecule has 20 heavy (non-hydrogen) atoms. The third-order valence-corrected chi connectivity index (χ3v) is 3.24. The van der Waals surface area contributed by atoms with Crippen LogP contribution in [0.2, 0.25) is 0 Å². The van der Waals surface area contributed by atoms with Crippen molar-refractivity contribution >= 4 is 0 Å². The lowest BCUT2D eigenvalue weighted by molar-refractivity contribution is -0.215. The Morgan fingerprint density at radius 1 is 1.20 bits per heavy atom. The Labute approximate surface area is 118 Å². The molecular weight excluding hydrogens is 267 g/mol. The molecule has 0 aliphatic rings. The number of rotatable bonds is 7. The van der Waals surface area contributed by atoms with E-state index in [0.717, 1.165) is 25.3 Å². The topological polar surface area (TPSA) is 21.3 Å². The van der Waals surface area contributed by atoms with Crippen molar-refractivity contribution in [2.75, 3.05) is 13.7 Å². The maximum atomic E-state index is 12.4. The van der Waals surface area contributed by atoms with Gasteiger partial charge in [-0.2, -0.15) is 13.2 Å². The van der Waals surface area contributed by atoms with Crippen LogP contribution in [-0.2, 0) is 11.2 Å². The summed E-state index contributed by atoms with van der Waals surface area (Å²) in [5, 5.41) is 2.98. The Balaban J connectivity index is 2.62. The van der Waals surface area contributed by atoms with Gasteiger partial charge < -0.3 is 10.1 Å². The fraction of sp³-hybridized carbons (Fsp3) is 0.600. The lowest BCUT2D eigenvalue weighted by atomic mass is 10.0. The van der Waals surface area contributed by atoms with E-state index < -0.39 is 12.3 Å². The van der Waals surface area contributed by atoms with Gasteiger partial charge in [0.15, 0.2) is 6.10 Å². The highest BCUT2D eigenvalue weighted by atomic mass is 19.4. The number of likely N-dealkylation sites (N-methyl/N-ethyl adjacent to an activating group) is 1. The van der Waals surface area contributed by atoms with Crippen LogP contribution in [0.15, 0.2) is 24.3 Å². The summed E-state index contributed by atoms with van der Waals surface area (Å²) in [6, 6.07) is 7.66. The van der Waals surface area contributed by atoms with E-state index in [-0.39, 0.29) is 12.6 Å². The third kappa shape index (κ3) is 5.13. The van der Waals surface area contributed by atoms with E-state index in [4.69, 9.17) is 4.74 Å². The molecule has 2 nitrogen and oxygen atoms in total. The minimum atomic E-state index is -4.32. The molecule has 0 amide bonds. The van der Waals surface area contributed by atoms with Crippen molar-refractivity contribution in [2.45, 2.75) is 45.0 Å². The maximum absolute atomic E-state index is 12.4. The Bertz CT molecular complexity index is 389. The Morgan fingerprint density at radius 3 is 2.25 bits per heavy atom. The average molecular weight is 289 g/mol. The van der Waals surface area contributed by atoms with Crippen LogP contribution >= 0.6 is 0 Å². The molecule has 0 saturated carbocycles. The molecular formula is C15H22F3NO. The molecule has 0 aliphatic heterocycles. The number of halogens is 3. The van der Waals surface area contributed by atoms with E-state index in [1.54, 1.807) is 7.05 Å². The second kappa shape index (κ2) is 7.64. The SMILES string of the molecule is CCCc1ccc(C(COC(C)C(F)(F)F)NC)cc1. The second-order valence-electron chi connectivity index (χ2n) is 4.85. The molecule has 1 aromatic rings. The van der Waals surface area contributed by atoms with E-state index in [2.05, 4.69) is 12.2 Å². The first kappa shape index (κ1) is 17.0. The fourth-order valence-corrected chi connectivity index (χ4v) is 1.89. The largest absolute Gasteiger partial charge is 0.414 e. The van der Waals surface area contributed by atoms with Crippen molar-refractivity contribution in [1.29, 1.82) is 0 Å². The Morgan fingerprint density at radius 2 is 1.80 bits per heavy atom. The minimum Gasteiger partial charge on any atom is -0.367 e. The highest BCUT2D eigenvalue weighted by molar-refractivity contribution is 5.25. The summed E-state index contributed by atoms with van der Waals surface area (Å²) >= 11 is 0. The summed E-state index contributed by atoms with van der Waals surface area (Å²) in [6.45, 7) is 3.12. The number of ether oxygens (including phenoxy) is 1. The highest BCUT2D eigenvalue weighted by Crippen LogP contribution is 2.24. The summed E-state index contributed by atoms with van der Waals surface area (Å²) in [7, 11) is 1.71. The lowest BCUT2D eigenvalue weighted by Gasteiger charge is -2.21. The van der Waals surface area contributed by atoms with Crippen LogP contribution in [-0.4, -0.2) is 25.9 Å². The third-order valence-electron chi connectivity index (χ3n) is 3.24. The number of hydrogen-bond acceptors (Lipinski definition) is 2. The molecule has 0 aromatic heterocycles. The van der Waals surface area contributed by atoms with Gasteiger partial charge in [0.1, 0.15) is 0 Å². The van der Waals surface area contributed by atoms with Crippen LogP contribution in [0.3, 0.4) is 0 Å². The number of hydrogen-bond donors (Lipinski definition) is 1. The van der Waals surface area contributed by atoms with E-state index in [0.29, 0.717) is 0 Å². The van der Waals surface area contributed by atoms with E-state index in [1.165, 1.54) is 5.56 Å². The van der Waals surface area contributed by atoms with Gasteiger partial charge in [-0.3, -0.25) is 0 Å². The summed E-state index contributed by atoms with van der Waals surface area (Å²) < 4.78 is 42.1. The molecule has 1 rings (SSSR count). The van der Waals surface area contributed by atoms with Crippen LogP contribution in [0.5, 0.6) is 0 Å². The molecule has 0 heterocycles. The zero-order chi connectivity index (χ0) is 15.2.